The highest BCUT2D eigenvalue weighted by atomic mass is 32.2. The lowest BCUT2D eigenvalue weighted by molar-refractivity contribution is -0.144. The first-order chi connectivity index (χ1) is 21.1. The van der Waals surface area contributed by atoms with E-state index in [4.69, 9.17) is 8.92 Å². The number of halogens is 4. The summed E-state index contributed by atoms with van der Waals surface area (Å²) in [5.41, 5.74) is -0.742. The maximum atomic E-state index is 15.8. The van der Waals surface area contributed by atoms with E-state index in [0.29, 0.717) is 53.8 Å². The third-order valence-electron chi connectivity index (χ3n) is 6.68. The number of alkyl halides is 3. The lowest BCUT2D eigenvalue weighted by atomic mass is 9.87. The first-order valence-electron chi connectivity index (χ1n) is 14.1. The highest BCUT2D eigenvalue weighted by Crippen LogP contribution is 2.40. The van der Waals surface area contributed by atoms with Crippen LogP contribution in [0, 0.1) is 24.1 Å². The quantitative estimate of drug-likeness (QED) is 0.0711. The summed E-state index contributed by atoms with van der Waals surface area (Å²) < 4.78 is 91.9. The number of nitriles is 1. The minimum Gasteiger partial charge on any atom is -0.466 e. The number of hydrogen-bond donors (Lipinski definition) is 1. The molecular weight excluding hydrogens is 616 g/mol. The van der Waals surface area contributed by atoms with E-state index in [1.54, 1.807) is 19.1 Å². The molecular formula is C32H36F4N2O6S. The van der Waals surface area contributed by atoms with Crippen molar-refractivity contribution in [3.8, 4) is 17.2 Å². The van der Waals surface area contributed by atoms with Crippen molar-refractivity contribution in [3.63, 3.8) is 0 Å². The Morgan fingerprint density at radius 2 is 1.82 bits per heavy atom. The molecule has 0 bridgehead atoms. The summed E-state index contributed by atoms with van der Waals surface area (Å²) in [7, 11) is -4.18. The monoisotopic (exact) mass is 652 g/mol. The number of benzene rings is 2. The SMILES string of the molecule is C=CCCCCc1cc(C#N)cc(C)c1-c1cc([C@H](CC(=O)OCC)NC(=O)[C@@H](CC=C)OS(C)(=O)=O)c(F)c(C(F)(F)F)c1. The summed E-state index contributed by atoms with van der Waals surface area (Å²) in [5.74, 6) is -3.82. The van der Waals surface area contributed by atoms with Crippen molar-refractivity contribution in [1.29, 1.82) is 5.26 Å². The zero-order valence-electron chi connectivity index (χ0n) is 25.3. The van der Waals surface area contributed by atoms with Gasteiger partial charge in [-0.2, -0.15) is 26.9 Å². The van der Waals surface area contributed by atoms with Gasteiger partial charge in [-0.05, 0) is 86.1 Å². The second-order valence-electron chi connectivity index (χ2n) is 10.3. The first kappa shape index (κ1) is 37.2. The van der Waals surface area contributed by atoms with Gasteiger partial charge in [-0.1, -0.05) is 12.2 Å². The Kier molecular flexibility index (Phi) is 13.5. The van der Waals surface area contributed by atoms with E-state index in [9.17, 15) is 36.4 Å². The highest BCUT2D eigenvalue weighted by Gasteiger charge is 2.38. The zero-order chi connectivity index (χ0) is 33.9. The molecule has 0 fully saturated rings. The van der Waals surface area contributed by atoms with Gasteiger partial charge in [-0.3, -0.25) is 13.8 Å². The molecule has 1 N–H and O–H groups in total. The predicted octanol–water partition coefficient (Wildman–Crippen LogP) is 6.62. The predicted molar refractivity (Wildman–Crippen MR) is 161 cm³/mol. The van der Waals surface area contributed by atoms with Crippen LogP contribution in [0.4, 0.5) is 17.6 Å². The number of amides is 1. The molecule has 0 radical (unpaired) electrons. The van der Waals surface area contributed by atoms with E-state index in [1.807, 2.05) is 6.07 Å². The summed E-state index contributed by atoms with van der Waals surface area (Å²) in [6.07, 6.45) is -1.91. The largest absolute Gasteiger partial charge is 0.466 e. The number of rotatable bonds is 16. The molecule has 2 atom stereocenters. The number of allylic oxidation sites excluding steroid dienone is 1. The zero-order valence-corrected chi connectivity index (χ0v) is 26.1. The summed E-state index contributed by atoms with van der Waals surface area (Å²) in [4.78, 5) is 25.7. The van der Waals surface area contributed by atoms with E-state index in [1.165, 1.54) is 19.1 Å². The molecule has 0 unspecified atom stereocenters. The molecule has 0 aliphatic heterocycles. The van der Waals surface area contributed by atoms with Crippen LogP contribution in [0.5, 0.6) is 0 Å². The van der Waals surface area contributed by atoms with Crippen molar-refractivity contribution in [1.82, 2.24) is 5.32 Å². The Morgan fingerprint density at radius 3 is 2.38 bits per heavy atom. The van der Waals surface area contributed by atoms with Crippen LogP contribution < -0.4 is 5.32 Å². The molecule has 0 heterocycles. The van der Waals surface area contributed by atoms with Crippen molar-refractivity contribution < 1.29 is 44.5 Å². The topological polar surface area (TPSA) is 123 Å². The molecule has 1 amide bonds. The van der Waals surface area contributed by atoms with Gasteiger partial charge in [0, 0.05) is 12.0 Å². The van der Waals surface area contributed by atoms with Gasteiger partial charge in [-0.25, -0.2) is 4.39 Å². The Balaban J connectivity index is 2.84. The summed E-state index contributed by atoms with van der Waals surface area (Å²) in [6, 6.07) is 5.14. The Labute approximate surface area is 260 Å². The van der Waals surface area contributed by atoms with E-state index < -0.39 is 63.7 Å². The molecule has 45 heavy (non-hydrogen) atoms. The minimum atomic E-state index is -5.18. The molecule has 0 aliphatic rings. The number of nitrogens with one attached hydrogen (secondary N) is 1. The average Bonchev–Trinajstić information content (AvgIpc) is 2.93. The molecule has 0 spiro atoms. The first-order valence-corrected chi connectivity index (χ1v) is 15.9. The van der Waals surface area contributed by atoms with Crippen molar-refractivity contribution in [2.75, 3.05) is 12.9 Å². The third kappa shape index (κ3) is 10.8. The van der Waals surface area contributed by atoms with Gasteiger partial charge in [0.15, 0.2) is 6.10 Å². The van der Waals surface area contributed by atoms with Crippen LogP contribution >= 0.6 is 0 Å². The van der Waals surface area contributed by atoms with E-state index in [2.05, 4.69) is 18.5 Å². The molecule has 0 aromatic heterocycles. The summed E-state index contributed by atoms with van der Waals surface area (Å²) >= 11 is 0. The molecule has 13 heteroatoms. The summed E-state index contributed by atoms with van der Waals surface area (Å²) in [6.45, 7) is 10.1. The molecule has 0 aliphatic carbocycles. The van der Waals surface area contributed by atoms with E-state index >= 15 is 4.39 Å². The summed E-state index contributed by atoms with van der Waals surface area (Å²) in [5, 5.41) is 11.8. The number of carbonyl (C=O) groups excluding carboxylic acids is 2. The number of esters is 1. The Morgan fingerprint density at radius 1 is 1.13 bits per heavy atom. The van der Waals surface area contributed by atoms with Crippen molar-refractivity contribution >= 4 is 22.0 Å². The van der Waals surface area contributed by atoms with Crippen LogP contribution in [-0.2, 0) is 41.2 Å². The van der Waals surface area contributed by atoms with E-state index in [-0.39, 0.29) is 18.6 Å². The maximum Gasteiger partial charge on any atom is 0.419 e. The Bertz CT molecular complexity index is 1560. The Hall–Kier alpha value is -4.02. The van der Waals surface area contributed by atoms with Crippen LogP contribution in [-0.4, -0.2) is 39.3 Å². The molecule has 2 aromatic carbocycles. The second-order valence-corrected chi connectivity index (χ2v) is 11.9. The molecule has 2 aromatic rings. The number of nitrogens with zero attached hydrogens (tertiary/aromatic N) is 1. The fourth-order valence-electron chi connectivity index (χ4n) is 4.83. The van der Waals surface area contributed by atoms with Gasteiger partial charge in [-0.15, -0.1) is 13.2 Å². The van der Waals surface area contributed by atoms with Gasteiger partial charge < -0.3 is 10.1 Å². The fraction of sp³-hybridized carbons (Fsp3) is 0.406. The van der Waals surface area contributed by atoms with Gasteiger partial charge in [0.05, 0.1) is 42.5 Å². The minimum absolute atomic E-state index is 0.0578. The fourth-order valence-corrected chi connectivity index (χ4v) is 5.42. The van der Waals surface area contributed by atoms with Crippen LogP contribution in [0.25, 0.3) is 11.1 Å². The van der Waals surface area contributed by atoms with Crippen LogP contribution in [0.1, 0.15) is 72.9 Å². The van der Waals surface area contributed by atoms with Crippen molar-refractivity contribution in [2.45, 2.75) is 70.7 Å². The van der Waals surface area contributed by atoms with E-state index in [0.717, 1.165) is 12.5 Å². The molecule has 0 saturated heterocycles. The third-order valence-corrected chi connectivity index (χ3v) is 7.26. The average molecular weight is 653 g/mol. The van der Waals surface area contributed by atoms with Gasteiger partial charge >= 0.3 is 12.1 Å². The number of unbranched alkanes of at least 4 members (excludes halogenated alkanes) is 2. The van der Waals surface area contributed by atoms with Gasteiger partial charge in [0.1, 0.15) is 5.82 Å². The second kappa shape index (κ2) is 16.3. The lowest BCUT2D eigenvalue weighted by Gasteiger charge is -2.25. The van der Waals surface area contributed by atoms with Crippen LogP contribution in [0.2, 0.25) is 0 Å². The van der Waals surface area contributed by atoms with Crippen molar-refractivity contribution in [2.24, 2.45) is 0 Å². The number of aryl methyl sites for hydroxylation is 2. The van der Waals surface area contributed by atoms with Gasteiger partial charge in [0.2, 0.25) is 0 Å². The highest BCUT2D eigenvalue weighted by molar-refractivity contribution is 7.86. The standard InChI is InChI=1S/C32H36F4N2O6S/c1-6-9-10-11-13-22-15-21(19-37)14-20(4)29(22)23-16-24(30(33)25(17-23)32(34,35)36)26(18-28(39)43-8-3)38-31(40)27(12-7-2)44-45(5,41)42/h6-7,14-17,26-27H,1-2,8-13,18H2,3-5H3,(H,38,40)/t26-,27+/m0/s1. The van der Waals surface area contributed by atoms with Crippen LogP contribution in [0.15, 0.2) is 49.6 Å². The smallest absolute Gasteiger partial charge is 0.419 e. The number of carbonyl (C=O) groups is 2. The lowest BCUT2D eigenvalue weighted by Crippen LogP contribution is -2.40. The van der Waals surface area contributed by atoms with Crippen LogP contribution in [0.3, 0.4) is 0 Å². The normalized spacial score (nSPS) is 12.9. The van der Waals surface area contributed by atoms with Crippen molar-refractivity contribution in [3.05, 3.63) is 83.2 Å². The number of ether oxygens (including phenoxy) is 1. The molecule has 2 rings (SSSR count). The molecule has 244 valence electrons. The molecule has 0 saturated carbocycles. The maximum absolute atomic E-state index is 15.8. The number of hydrogen-bond acceptors (Lipinski definition) is 7. The van der Waals surface area contributed by atoms with Gasteiger partial charge in [0.25, 0.3) is 16.0 Å². The molecule has 8 nitrogen and oxygen atoms in total.